The molecule has 0 heterocycles. The van der Waals surface area contributed by atoms with E-state index in [0.717, 1.165) is 25.7 Å². The van der Waals surface area contributed by atoms with Gasteiger partial charge in [-0.25, -0.2) is 0 Å². The van der Waals surface area contributed by atoms with Gasteiger partial charge in [-0.2, -0.15) is 0 Å². The van der Waals surface area contributed by atoms with Gasteiger partial charge in [0.1, 0.15) is 0 Å². The van der Waals surface area contributed by atoms with Gasteiger partial charge in [-0.1, -0.05) is 269 Å². The van der Waals surface area contributed by atoms with E-state index in [-0.39, 0.29) is 12.5 Å². The minimum absolute atomic E-state index is 0.0609. The highest BCUT2D eigenvalue weighted by atomic mass is 16.3. The first kappa shape index (κ1) is 56.9. The van der Waals surface area contributed by atoms with Crippen molar-refractivity contribution >= 4 is 5.91 Å². The second-order valence-corrected chi connectivity index (χ2v) is 18.3. The average Bonchev–Trinajstić information content (AvgIpc) is 3.23. The number of amides is 1. The Morgan fingerprint density at radius 2 is 0.655 bits per heavy atom. The minimum atomic E-state index is -0.838. The number of hydrogen-bond acceptors (Lipinski definition) is 3. The Kier molecular flexibility index (Phi) is 49.2. The summed E-state index contributed by atoms with van der Waals surface area (Å²) in [6.45, 7) is 4.34. The van der Waals surface area contributed by atoms with Crippen molar-refractivity contribution in [2.45, 2.75) is 309 Å². The van der Waals surface area contributed by atoms with Gasteiger partial charge in [0, 0.05) is 6.42 Å². The molecule has 0 bridgehead atoms. The molecule has 0 aliphatic rings. The first-order valence-corrected chi connectivity index (χ1v) is 26.6. The van der Waals surface area contributed by atoms with Crippen LogP contribution in [0.3, 0.4) is 0 Å². The molecule has 3 N–H and O–H groups in total. The summed E-state index contributed by atoms with van der Waals surface area (Å²) in [7, 11) is 0. The minimum Gasteiger partial charge on any atom is -0.394 e. The van der Waals surface area contributed by atoms with E-state index < -0.39 is 12.1 Å². The average molecular weight is 816 g/mol. The van der Waals surface area contributed by atoms with Gasteiger partial charge in [-0.15, -0.1) is 0 Å². The second-order valence-electron chi connectivity index (χ2n) is 18.3. The summed E-state index contributed by atoms with van der Waals surface area (Å²) in [5.74, 6) is -0.0609. The predicted molar refractivity (Wildman–Crippen MR) is 258 cm³/mol. The van der Waals surface area contributed by atoms with Gasteiger partial charge in [-0.3, -0.25) is 4.79 Å². The number of hydrogen-bond donors (Lipinski definition) is 3. The van der Waals surface area contributed by atoms with Crippen LogP contribution in [-0.2, 0) is 4.79 Å². The summed E-state index contributed by atoms with van der Waals surface area (Å²) in [6, 6.07) is -0.621. The quantitative estimate of drug-likeness (QED) is 0.0423. The number of nitrogens with one attached hydrogen (secondary N) is 1. The topological polar surface area (TPSA) is 69.6 Å². The van der Waals surface area contributed by atoms with Gasteiger partial charge < -0.3 is 15.5 Å². The van der Waals surface area contributed by atoms with E-state index in [1.165, 1.54) is 250 Å². The SMILES string of the molecule is CCCCCCCCCCCCCC/C=C\CCCCCCCCCCCCC(=O)NC(CO)C(O)/C=C/CCCCCCCCCCCCCCCCCCCC. The van der Waals surface area contributed by atoms with Crippen molar-refractivity contribution in [1.29, 1.82) is 0 Å². The van der Waals surface area contributed by atoms with Crippen molar-refractivity contribution in [1.82, 2.24) is 5.32 Å². The summed E-state index contributed by atoms with van der Waals surface area (Å²) < 4.78 is 0. The van der Waals surface area contributed by atoms with E-state index in [1.807, 2.05) is 6.08 Å². The van der Waals surface area contributed by atoms with E-state index in [9.17, 15) is 15.0 Å². The van der Waals surface area contributed by atoms with Crippen LogP contribution in [0.2, 0.25) is 0 Å². The number of unbranched alkanes of at least 4 members (excludes halogenated alkanes) is 40. The summed E-state index contributed by atoms with van der Waals surface area (Å²) in [4.78, 5) is 12.4. The lowest BCUT2D eigenvalue weighted by molar-refractivity contribution is -0.123. The molecule has 0 aromatic heterocycles. The van der Waals surface area contributed by atoms with Crippen LogP contribution in [0.1, 0.15) is 296 Å². The summed E-state index contributed by atoms with van der Waals surface area (Å²) >= 11 is 0. The molecular weight excluding hydrogens is 711 g/mol. The maximum atomic E-state index is 12.4. The highest BCUT2D eigenvalue weighted by molar-refractivity contribution is 5.76. The lowest BCUT2D eigenvalue weighted by Gasteiger charge is -2.20. The summed E-state index contributed by atoms with van der Waals surface area (Å²) in [5.41, 5.74) is 0. The van der Waals surface area contributed by atoms with E-state index in [0.29, 0.717) is 6.42 Å². The molecule has 58 heavy (non-hydrogen) atoms. The molecule has 0 spiro atoms. The summed E-state index contributed by atoms with van der Waals surface area (Å²) in [6.07, 6.45) is 66.1. The molecule has 0 aliphatic carbocycles. The van der Waals surface area contributed by atoms with Crippen molar-refractivity contribution in [3.8, 4) is 0 Å². The van der Waals surface area contributed by atoms with Crippen molar-refractivity contribution in [2.24, 2.45) is 0 Å². The van der Waals surface area contributed by atoms with Crippen LogP contribution in [0.4, 0.5) is 0 Å². The van der Waals surface area contributed by atoms with Crippen molar-refractivity contribution < 1.29 is 15.0 Å². The monoisotopic (exact) mass is 816 g/mol. The molecule has 0 rings (SSSR count). The lowest BCUT2D eigenvalue weighted by atomic mass is 10.0. The van der Waals surface area contributed by atoms with E-state index in [1.54, 1.807) is 6.08 Å². The van der Waals surface area contributed by atoms with Crippen LogP contribution in [0, 0.1) is 0 Å². The summed E-state index contributed by atoms with van der Waals surface area (Å²) in [5, 5.41) is 23.1. The molecule has 0 aromatic carbocycles. The molecule has 4 heteroatoms. The Morgan fingerprint density at radius 1 is 0.397 bits per heavy atom. The van der Waals surface area contributed by atoms with Gasteiger partial charge in [0.2, 0.25) is 5.91 Å². The second kappa shape index (κ2) is 50.2. The smallest absolute Gasteiger partial charge is 0.220 e. The standard InChI is InChI=1S/C54H105NO3/c1-3-5-7-9-11-13-15-17-19-21-23-25-26-27-28-29-30-32-34-36-38-40-42-44-46-48-50-54(58)55-52(51-56)53(57)49-47-45-43-41-39-37-35-33-31-24-22-20-18-16-14-12-10-8-6-4-2/h27-28,47,49,52-53,56-57H,3-26,29-46,48,50-51H2,1-2H3,(H,55,58)/b28-27-,49-47+. The molecule has 2 unspecified atom stereocenters. The van der Waals surface area contributed by atoms with Crippen LogP contribution in [0.5, 0.6) is 0 Å². The van der Waals surface area contributed by atoms with Gasteiger partial charge in [0.15, 0.2) is 0 Å². The molecular formula is C54H105NO3. The van der Waals surface area contributed by atoms with Gasteiger partial charge in [0.05, 0.1) is 18.8 Å². The van der Waals surface area contributed by atoms with E-state index >= 15 is 0 Å². The number of rotatable bonds is 49. The van der Waals surface area contributed by atoms with Crippen LogP contribution >= 0.6 is 0 Å². The Labute approximate surface area is 364 Å². The third kappa shape index (κ3) is 45.9. The Balaban J connectivity index is 3.49. The largest absolute Gasteiger partial charge is 0.394 e. The van der Waals surface area contributed by atoms with E-state index in [2.05, 4.69) is 31.3 Å². The van der Waals surface area contributed by atoms with Crippen molar-refractivity contribution in [2.75, 3.05) is 6.61 Å². The molecule has 344 valence electrons. The van der Waals surface area contributed by atoms with Crippen LogP contribution < -0.4 is 5.32 Å². The molecule has 4 nitrogen and oxygen atoms in total. The van der Waals surface area contributed by atoms with Crippen molar-refractivity contribution in [3.63, 3.8) is 0 Å². The van der Waals surface area contributed by atoms with Gasteiger partial charge in [-0.05, 0) is 44.9 Å². The molecule has 0 radical (unpaired) electrons. The first-order valence-electron chi connectivity index (χ1n) is 26.6. The lowest BCUT2D eigenvalue weighted by Crippen LogP contribution is -2.45. The molecule has 1 amide bonds. The number of aliphatic hydroxyl groups excluding tert-OH is 2. The van der Waals surface area contributed by atoms with Crippen molar-refractivity contribution in [3.05, 3.63) is 24.3 Å². The number of allylic oxidation sites excluding steroid dienone is 3. The molecule has 0 aliphatic heterocycles. The normalized spacial score (nSPS) is 13.0. The molecule has 0 aromatic rings. The van der Waals surface area contributed by atoms with Gasteiger partial charge >= 0.3 is 0 Å². The predicted octanol–water partition coefficient (Wildman–Crippen LogP) is 17.1. The van der Waals surface area contributed by atoms with Crippen LogP contribution in [0.15, 0.2) is 24.3 Å². The molecule has 2 atom stereocenters. The molecule has 0 saturated heterocycles. The third-order valence-corrected chi connectivity index (χ3v) is 12.4. The number of carbonyl (C=O) groups excluding carboxylic acids is 1. The Bertz CT molecular complexity index is 840. The Morgan fingerprint density at radius 3 is 0.948 bits per heavy atom. The zero-order chi connectivity index (χ0) is 42.1. The molecule has 0 saturated carbocycles. The zero-order valence-electron chi connectivity index (χ0n) is 39.6. The highest BCUT2D eigenvalue weighted by Crippen LogP contribution is 2.17. The maximum absolute atomic E-state index is 12.4. The zero-order valence-corrected chi connectivity index (χ0v) is 39.6. The van der Waals surface area contributed by atoms with E-state index in [4.69, 9.17) is 0 Å². The number of aliphatic hydroxyl groups is 2. The molecule has 0 fully saturated rings. The number of carbonyl (C=O) groups is 1. The fourth-order valence-electron chi connectivity index (χ4n) is 8.35. The van der Waals surface area contributed by atoms with Crippen LogP contribution in [-0.4, -0.2) is 34.9 Å². The third-order valence-electron chi connectivity index (χ3n) is 12.4. The first-order chi connectivity index (χ1) is 28.7. The fourth-order valence-corrected chi connectivity index (χ4v) is 8.35. The van der Waals surface area contributed by atoms with Crippen LogP contribution in [0.25, 0.3) is 0 Å². The fraction of sp³-hybridized carbons (Fsp3) is 0.907. The Hall–Kier alpha value is -1.13. The van der Waals surface area contributed by atoms with Gasteiger partial charge in [0.25, 0.3) is 0 Å². The maximum Gasteiger partial charge on any atom is 0.220 e. The highest BCUT2D eigenvalue weighted by Gasteiger charge is 2.18.